The van der Waals surface area contributed by atoms with E-state index in [4.69, 9.17) is 0 Å². The number of nitrogens with zero attached hydrogens (tertiary/aromatic N) is 1. The number of benzene rings is 1. The van der Waals surface area contributed by atoms with E-state index in [0.717, 1.165) is 10.4 Å². The Morgan fingerprint density at radius 3 is 2.57 bits per heavy atom. The molecule has 0 saturated carbocycles. The number of ether oxygens (including phenoxy) is 1. The van der Waals surface area contributed by atoms with Crippen LogP contribution in [0.2, 0.25) is 0 Å². The Bertz CT molecular complexity index is 639. The molecule has 0 unspecified atom stereocenters. The first kappa shape index (κ1) is 17.8. The Labute approximate surface area is 129 Å². The molecule has 0 atom stereocenters. The van der Waals surface area contributed by atoms with Crippen molar-refractivity contribution in [2.45, 2.75) is 6.42 Å². The monoisotopic (exact) mass is 386 g/mol. The molecule has 0 aromatic heterocycles. The summed E-state index contributed by atoms with van der Waals surface area (Å²) in [6.07, 6.45) is -0.149. The topological polar surface area (TPSA) is 75.7 Å². The Morgan fingerprint density at radius 1 is 1.38 bits per heavy atom. The predicted octanol–water partition coefficient (Wildman–Crippen LogP) is 1.88. The highest BCUT2D eigenvalue weighted by Gasteiger charge is 2.21. The first-order valence-corrected chi connectivity index (χ1v) is 7.86. The maximum Gasteiger partial charge on any atom is 0.306 e. The van der Waals surface area contributed by atoms with Crippen LogP contribution in [-0.4, -0.2) is 39.4 Å². The number of hydrogen-bond donors (Lipinski definition) is 1. The van der Waals surface area contributed by atoms with E-state index in [0.29, 0.717) is 6.07 Å². The van der Waals surface area contributed by atoms with Crippen LogP contribution in [0.5, 0.6) is 0 Å². The molecule has 10 heteroatoms. The highest BCUT2D eigenvalue weighted by Crippen LogP contribution is 2.24. The average molecular weight is 387 g/mol. The van der Waals surface area contributed by atoms with Crippen molar-refractivity contribution in [3.8, 4) is 0 Å². The largest absolute Gasteiger partial charge is 0.469 e. The van der Waals surface area contributed by atoms with Gasteiger partial charge in [-0.25, -0.2) is 8.78 Å². The van der Waals surface area contributed by atoms with Gasteiger partial charge in [0.15, 0.2) is 0 Å². The Balaban J connectivity index is 2.85. The lowest BCUT2D eigenvalue weighted by molar-refractivity contribution is -0.140. The molecule has 0 amide bonds. The second-order valence-corrected chi connectivity index (χ2v) is 6.63. The van der Waals surface area contributed by atoms with Gasteiger partial charge in [0, 0.05) is 19.7 Å². The summed E-state index contributed by atoms with van der Waals surface area (Å²) in [7, 11) is -1.69. The molecule has 0 bridgehead atoms. The average Bonchev–Trinajstić information content (AvgIpc) is 2.41. The van der Waals surface area contributed by atoms with E-state index in [1.807, 2.05) is 4.72 Å². The van der Waals surface area contributed by atoms with Gasteiger partial charge in [-0.2, -0.15) is 12.7 Å². The molecule has 1 aromatic carbocycles. The normalized spacial score (nSPS) is 11.5. The summed E-state index contributed by atoms with van der Waals surface area (Å²) in [6.45, 7) is -0.147. The van der Waals surface area contributed by atoms with Crippen molar-refractivity contribution >= 4 is 37.8 Å². The molecule has 1 aromatic rings. The molecule has 1 N–H and O–H groups in total. The zero-order valence-electron chi connectivity index (χ0n) is 11.2. The third-order valence-electron chi connectivity index (χ3n) is 2.52. The smallest absolute Gasteiger partial charge is 0.306 e. The summed E-state index contributed by atoms with van der Waals surface area (Å²) in [5.41, 5.74) is -0.409. The Morgan fingerprint density at radius 2 is 2.00 bits per heavy atom. The van der Waals surface area contributed by atoms with Crippen molar-refractivity contribution in [1.29, 1.82) is 0 Å². The highest BCUT2D eigenvalue weighted by atomic mass is 79.9. The van der Waals surface area contributed by atoms with Crippen LogP contribution >= 0.6 is 15.9 Å². The Hall–Kier alpha value is -1.26. The van der Waals surface area contributed by atoms with Gasteiger partial charge in [0.2, 0.25) is 0 Å². The van der Waals surface area contributed by atoms with E-state index in [-0.39, 0.29) is 17.4 Å². The zero-order chi connectivity index (χ0) is 16.2. The molecule has 0 aliphatic heterocycles. The molecular formula is C11H13BrF2N2O4S. The third kappa shape index (κ3) is 4.90. The van der Waals surface area contributed by atoms with Crippen LogP contribution in [0.15, 0.2) is 16.6 Å². The summed E-state index contributed by atoms with van der Waals surface area (Å²) < 4.78 is 57.6. The predicted molar refractivity (Wildman–Crippen MR) is 75.9 cm³/mol. The summed E-state index contributed by atoms with van der Waals surface area (Å²) in [4.78, 5) is 11.0. The van der Waals surface area contributed by atoms with Crippen LogP contribution in [0, 0.1) is 11.6 Å². The summed E-state index contributed by atoms with van der Waals surface area (Å²) in [5.74, 6) is -2.48. The fourth-order valence-corrected chi connectivity index (χ4v) is 2.55. The van der Waals surface area contributed by atoms with E-state index < -0.39 is 33.5 Å². The van der Waals surface area contributed by atoms with Gasteiger partial charge in [-0.1, -0.05) is 0 Å². The Kier molecular flexibility index (Phi) is 6.05. The lowest BCUT2D eigenvalue weighted by Crippen LogP contribution is -2.34. The molecule has 118 valence electrons. The van der Waals surface area contributed by atoms with Crippen LogP contribution in [0.1, 0.15) is 6.42 Å². The number of esters is 1. The minimum Gasteiger partial charge on any atom is -0.469 e. The molecule has 6 nitrogen and oxygen atoms in total. The van der Waals surface area contributed by atoms with Gasteiger partial charge in [0.1, 0.15) is 11.6 Å². The van der Waals surface area contributed by atoms with Crippen molar-refractivity contribution < 1.29 is 26.7 Å². The number of hydrogen-bond acceptors (Lipinski definition) is 4. The summed E-state index contributed by atoms with van der Waals surface area (Å²) >= 11 is 2.83. The molecule has 0 aliphatic rings. The molecular weight excluding hydrogens is 374 g/mol. The van der Waals surface area contributed by atoms with Crippen molar-refractivity contribution in [3.05, 3.63) is 28.2 Å². The fraction of sp³-hybridized carbons (Fsp3) is 0.364. The van der Waals surface area contributed by atoms with Gasteiger partial charge in [-0.05, 0) is 22.0 Å². The minimum atomic E-state index is -4.08. The summed E-state index contributed by atoms with van der Waals surface area (Å²) in [5, 5.41) is 0. The number of nitrogens with one attached hydrogen (secondary N) is 1. The zero-order valence-corrected chi connectivity index (χ0v) is 13.6. The molecule has 0 fully saturated rings. The molecule has 21 heavy (non-hydrogen) atoms. The number of halogens is 3. The summed E-state index contributed by atoms with van der Waals surface area (Å²) in [6, 6.07) is 1.52. The lowest BCUT2D eigenvalue weighted by atomic mass is 10.3. The van der Waals surface area contributed by atoms with Gasteiger partial charge in [-0.15, -0.1) is 0 Å². The molecule has 0 radical (unpaired) electrons. The second kappa shape index (κ2) is 7.14. The van der Waals surface area contributed by atoms with E-state index >= 15 is 0 Å². The molecule has 0 aliphatic carbocycles. The van der Waals surface area contributed by atoms with Gasteiger partial charge in [-0.3, -0.25) is 9.52 Å². The quantitative estimate of drug-likeness (QED) is 0.598. The van der Waals surface area contributed by atoms with E-state index in [1.54, 1.807) is 0 Å². The number of anilines is 1. The molecule has 0 heterocycles. The lowest BCUT2D eigenvalue weighted by Gasteiger charge is -2.18. The highest BCUT2D eigenvalue weighted by molar-refractivity contribution is 9.10. The fourth-order valence-electron chi connectivity index (χ4n) is 1.29. The maximum absolute atomic E-state index is 13.5. The molecule has 1 rings (SSSR count). The van der Waals surface area contributed by atoms with Crippen LogP contribution in [0.4, 0.5) is 14.5 Å². The van der Waals surface area contributed by atoms with Gasteiger partial charge in [0.25, 0.3) is 0 Å². The van der Waals surface area contributed by atoms with Gasteiger partial charge >= 0.3 is 16.2 Å². The molecule has 0 spiro atoms. The number of methoxy groups -OCH3 is 1. The standard InChI is InChI=1S/C11H13BrF2N2O4S/c1-16(4-3-11(17)20-2)21(18,19)15-10-5-7(12)8(13)6-9(10)14/h5-6,15H,3-4H2,1-2H3. The van der Waals surface area contributed by atoms with Crippen LogP contribution < -0.4 is 4.72 Å². The second-order valence-electron chi connectivity index (χ2n) is 4.00. The van der Waals surface area contributed by atoms with Gasteiger partial charge < -0.3 is 4.74 Å². The van der Waals surface area contributed by atoms with E-state index in [1.165, 1.54) is 14.2 Å². The van der Waals surface area contributed by atoms with Gasteiger partial charge in [0.05, 0.1) is 23.7 Å². The van der Waals surface area contributed by atoms with Crippen molar-refractivity contribution in [1.82, 2.24) is 4.31 Å². The molecule has 0 saturated heterocycles. The van der Waals surface area contributed by atoms with Crippen molar-refractivity contribution in [2.24, 2.45) is 0 Å². The van der Waals surface area contributed by atoms with Crippen LogP contribution in [-0.2, 0) is 19.7 Å². The van der Waals surface area contributed by atoms with E-state index in [2.05, 4.69) is 20.7 Å². The number of carbonyl (C=O) groups is 1. The van der Waals surface area contributed by atoms with Crippen molar-refractivity contribution in [2.75, 3.05) is 25.4 Å². The first-order valence-electron chi connectivity index (χ1n) is 5.63. The SMILES string of the molecule is COC(=O)CCN(C)S(=O)(=O)Nc1cc(Br)c(F)cc1F. The van der Waals surface area contributed by atoms with Crippen LogP contribution in [0.3, 0.4) is 0 Å². The minimum absolute atomic E-state index is 0.0844. The first-order chi connectivity index (χ1) is 9.67. The van der Waals surface area contributed by atoms with Crippen LogP contribution in [0.25, 0.3) is 0 Å². The maximum atomic E-state index is 13.5. The van der Waals surface area contributed by atoms with Crippen molar-refractivity contribution in [3.63, 3.8) is 0 Å². The van der Waals surface area contributed by atoms with E-state index in [9.17, 15) is 22.0 Å². The third-order valence-corrected chi connectivity index (χ3v) is 4.61. The number of rotatable bonds is 6. The number of carbonyl (C=O) groups excluding carboxylic acids is 1.